The van der Waals surface area contributed by atoms with Gasteiger partial charge in [0.15, 0.2) is 23.1 Å². The smallest absolute Gasteiger partial charge is 0.227 e. The standard InChI is InChI=1S/C47H32N4O.C44H29N3O2.C43H31N3/c1-47(2)38-19-5-3-16-37(38)44-42(47)43(30-14-11-13-29(25-30)34-17-12-18-36-35-15-4-6-22-41(35)52-45(34)36)50-46(51-44)33-27-31(39-20-7-9-23-48-39)26-32(28-33)40-21-8-10-24-49-40;1-44(2)34-20-5-3-17-33(34)40-38(44)39(46-42(47-40)28-14-10-15-29(25-28)43-45-35-21-6-8-23-37(35)49-43)27-13-9-12-26(24-27)30-18-11-19-32-31-16-4-7-22-36(31)48-41(30)32;1-43(2)36-19-11-9-18-34(36)41-39(43)40(44-42(45-41)30-13-5-3-6-14-30)29-23-21-28(22-24-29)31-25-26-38-35(27-31)33-17-10-12-20-37(33)46(38)32-15-7-4-8-16-32/h3-28H,1-2H3;3-25H,1-2H3;3-27H,1-2H3. The maximum Gasteiger partial charge on any atom is 0.227 e. The van der Waals surface area contributed by atoms with Crippen molar-refractivity contribution in [1.82, 2.24) is 49.4 Å². The summed E-state index contributed by atoms with van der Waals surface area (Å²) in [5.41, 5.74) is 41.6. The summed E-state index contributed by atoms with van der Waals surface area (Å²) in [6, 6.07) is 152. The summed E-state index contributed by atoms with van der Waals surface area (Å²) in [7, 11) is 0. The summed E-state index contributed by atoms with van der Waals surface area (Å²) in [5, 5.41) is 6.96. The van der Waals surface area contributed by atoms with Crippen LogP contribution in [0.4, 0.5) is 0 Å². The molecule has 0 saturated heterocycles. The van der Waals surface area contributed by atoms with Crippen LogP contribution in [0.25, 0.3) is 252 Å². The van der Waals surface area contributed by atoms with Crippen molar-refractivity contribution in [2.45, 2.75) is 57.8 Å². The van der Waals surface area contributed by atoms with Crippen LogP contribution in [-0.2, 0) is 16.2 Å². The molecule has 0 amide bonds. The van der Waals surface area contributed by atoms with E-state index in [4.69, 9.17) is 58.1 Å². The van der Waals surface area contributed by atoms with E-state index in [0.29, 0.717) is 17.5 Å². The molecule has 0 aliphatic heterocycles. The topological polar surface area (TPSA) is 160 Å². The predicted molar refractivity (Wildman–Crippen MR) is 596 cm³/mol. The predicted octanol–water partition coefficient (Wildman–Crippen LogP) is 34.2. The van der Waals surface area contributed by atoms with Gasteiger partial charge in [0.1, 0.15) is 27.8 Å². The summed E-state index contributed by atoms with van der Waals surface area (Å²) in [5.74, 6) is 2.64. The Bertz CT molecular complexity index is 9690. The average molecular weight is 1890 g/mol. The summed E-state index contributed by atoms with van der Waals surface area (Å²) in [6.07, 6.45) is 3.65. The van der Waals surface area contributed by atoms with Crippen LogP contribution in [0.1, 0.15) is 74.9 Å². The molecule has 9 heterocycles. The van der Waals surface area contributed by atoms with E-state index in [0.717, 1.165) is 201 Å². The second-order valence-electron chi connectivity index (χ2n) is 39.8. The molecule has 0 unspecified atom stereocenters. The van der Waals surface area contributed by atoms with Crippen LogP contribution in [0.15, 0.2) is 462 Å². The van der Waals surface area contributed by atoms with Crippen molar-refractivity contribution < 1.29 is 13.3 Å². The van der Waals surface area contributed by atoms with Crippen molar-refractivity contribution in [2.24, 2.45) is 0 Å². The molecule has 13 nitrogen and oxygen atoms in total. The highest BCUT2D eigenvalue weighted by molar-refractivity contribution is 6.13. The molecule has 0 spiro atoms. The van der Waals surface area contributed by atoms with Gasteiger partial charge in [-0.2, -0.15) is 0 Å². The first kappa shape index (κ1) is 87.2. The molecule has 13 heteroatoms. The van der Waals surface area contributed by atoms with E-state index in [1.165, 1.54) is 66.4 Å². The Labute approximate surface area is 848 Å². The third-order valence-electron chi connectivity index (χ3n) is 29.9. The van der Waals surface area contributed by atoms with Gasteiger partial charge in [0.05, 0.1) is 56.6 Å². The second kappa shape index (κ2) is 34.8. The highest BCUT2D eigenvalue weighted by Gasteiger charge is 2.44. The number of furan rings is 2. The van der Waals surface area contributed by atoms with E-state index in [2.05, 4.69) is 368 Å². The van der Waals surface area contributed by atoms with E-state index in [-0.39, 0.29) is 16.2 Å². The fourth-order valence-corrected chi connectivity index (χ4v) is 22.8. The molecule has 0 saturated carbocycles. The van der Waals surface area contributed by atoms with Crippen LogP contribution in [0, 0.1) is 0 Å². The maximum absolute atomic E-state index is 6.47. The van der Waals surface area contributed by atoms with E-state index in [9.17, 15) is 0 Å². The summed E-state index contributed by atoms with van der Waals surface area (Å²) in [6.45, 7) is 13.7. The lowest BCUT2D eigenvalue weighted by Crippen LogP contribution is -2.17. The molecule has 147 heavy (non-hydrogen) atoms. The average Bonchev–Trinajstić information content (AvgIpc) is 1.56. The van der Waals surface area contributed by atoms with Gasteiger partial charge in [-0.25, -0.2) is 34.9 Å². The van der Waals surface area contributed by atoms with Gasteiger partial charge in [-0.1, -0.05) is 357 Å². The van der Waals surface area contributed by atoms with Gasteiger partial charge in [-0.3, -0.25) is 9.97 Å². The zero-order chi connectivity index (χ0) is 98.3. The number of hydrogen-bond donors (Lipinski definition) is 0. The number of aromatic nitrogens is 10. The number of hydrogen-bond acceptors (Lipinski definition) is 12. The van der Waals surface area contributed by atoms with Crippen LogP contribution in [0.3, 0.4) is 0 Å². The first-order chi connectivity index (χ1) is 72.1. The van der Waals surface area contributed by atoms with E-state index in [1.807, 2.05) is 128 Å². The largest absolute Gasteiger partial charge is 0.455 e. The van der Waals surface area contributed by atoms with Crippen LogP contribution < -0.4 is 0 Å². The summed E-state index contributed by atoms with van der Waals surface area (Å²) >= 11 is 0. The fraction of sp³-hybridized carbons (Fsp3) is 0.0672. The van der Waals surface area contributed by atoms with Crippen molar-refractivity contribution in [3.63, 3.8) is 0 Å². The number of benzene rings is 17. The molecule has 29 rings (SSSR count). The highest BCUT2D eigenvalue weighted by Crippen LogP contribution is 2.57. The minimum atomic E-state index is -0.316. The number of para-hydroxylation sites is 8. The Balaban J connectivity index is 0.000000109. The van der Waals surface area contributed by atoms with Gasteiger partial charge in [0.2, 0.25) is 5.89 Å². The van der Waals surface area contributed by atoms with Gasteiger partial charge in [-0.15, -0.1) is 0 Å². The van der Waals surface area contributed by atoms with Gasteiger partial charge in [0.25, 0.3) is 0 Å². The normalized spacial score (nSPS) is 13.1. The first-order valence-electron chi connectivity index (χ1n) is 49.9. The SMILES string of the molecule is CC1(C)c2ccccc2-c2nc(-c3cc(-c4ccccn4)cc(-c4ccccn4)c3)nc(-c3cccc(-c4cccc5c4oc4ccccc45)c3)c21.CC1(C)c2ccccc2-c2nc(-c3cccc(-c4nc5ccccc5o4)c3)nc(-c3cccc(-c4cccc5c4oc4ccccc45)c3)c21.CC1(C)c2ccccc2-c2nc(-c3ccccc3)nc(-c3ccc(-c4ccc5c(c4)c4ccccc4n5-c4ccccc4)cc3)c21. The molecule has 9 aromatic heterocycles. The van der Waals surface area contributed by atoms with Crippen molar-refractivity contribution in [3.8, 4) is 175 Å². The third-order valence-corrected chi connectivity index (χ3v) is 29.9. The van der Waals surface area contributed by atoms with Crippen molar-refractivity contribution in [2.75, 3.05) is 0 Å². The molecule has 3 aliphatic rings. The van der Waals surface area contributed by atoms with Gasteiger partial charge in [-0.05, 0) is 160 Å². The number of pyridine rings is 2. The molecule has 696 valence electrons. The lowest BCUT2D eigenvalue weighted by atomic mass is 9.80. The van der Waals surface area contributed by atoms with Gasteiger partial charge >= 0.3 is 0 Å². The van der Waals surface area contributed by atoms with Crippen molar-refractivity contribution in [3.05, 3.63) is 483 Å². The maximum atomic E-state index is 6.47. The number of rotatable bonds is 13. The first-order valence-corrected chi connectivity index (χ1v) is 49.9. The molecule has 17 aromatic carbocycles. The van der Waals surface area contributed by atoms with E-state index >= 15 is 0 Å². The molecule has 0 atom stereocenters. The van der Waals surface area contributed by atoms with Crippen molar-refractivity contribution in [1.29, 1.82) is 0 Å². The molecule has 0 fully saturated rings. The van der Waals surface area contributed by atoms with Crippen molar-refractivity contribution >= 4 is 76.8 Å². The number of fused-ring (bicyclic) bond motifs is 19. The monoisotopic (exact) mass is 1890 g/mol. The highest BCUT2D eigenvalue weighted by atomic mass is 16.3. The fourth-order valence-electron chi connectivity index (χ4n) is 22.8. The Hall–Kier alpha value is -18.9. The molecule has 26 aromatic rings. The minimum absolute atomic E-state index is 0.215. The van der Waals surface area contributed by atoms with E-state index in [1.54, 1.807) is 0 Å². The molecule has 3 aliphatic carbocycles. The lowest BCUT2D eigenvalue weighted by molar-refractivity contribution is 0.620. The summed E-state index contributed by atoms with van der Waals surface area (Å²) in [4.78, 5) is 46.1. The zero-order valence-electron chi connectivity index (χ0n) is 81.4. The number of nitrogens with zero attached hydrogens (tertiary/aromatic N) is 10. The van der Waals surface area contributed by atoms with Gasteiger partial charge in [0, 0.05) is 161 Å². The molecular formula is C134H92N10O3. The zero-order valence-corrected chi connectivity index (χ0v) is 81.4. The second-order valence-corrected chi connectivity index (χ2v) is 39.8. The van der Waals surface area contributed by atoms with Crippen LogP contribution in [-0.4, -0.2) is 49.4 Å². The minimum Gasteiger partial charge on any atom is -0.455 e. The number of oxazole rings is 1. The Morgan fingerprint density at radius 3 is 1.11 bits per heavy atom. The van der Waals surface area contributed by atoms with Crippen LogP contribution >= 0.6 is 0 Å². The third kappa shape index (κ3) is 14.8. The van der Waals surface area contributed by atoms with Crippen LogP contribution in [0.5, 0.6) is 0 Å². The van der Waals surface area contributed by atoms with Gasteiger partial charge < -0.3 is 17.8 Å². The molecule has 0 radical (unpaired) electrons. The molecule has 0 bridgehead atoms. The lowest BCUT2D eigenvalue weighted by Gasteiger charge is -2.24. The quantitative estimate of drug-likeness (QED) is 0.108. The molecular weight excluding hydrogens is 1800 g/mol. The Kier molecular flexibility index (Phi) is 20.6. The Morgan fingerprint density at radius 2 is 0.578 bits per heavy atom. The van der Waals surface area contributed by atoms with E-state index < -0.39 is 0 Å². The summed E-state index contributed by atoms with van der Waals surface area (Å²) < 4.78 is 21.4. The Morgan fingerprint density at radius 1 is 0.211 bits per heavy atom. The van der Waals surface area contributed by atoms with Crippen LogP contribution in [0.2, 0.25) is 0 Å². The molecule has 0 N–H and O–H groups in total.